The maximum absolute atomic E-state index is 12.6. The molecular weight excluding hydrogens is 478 g/mol. The predicted octanol–water partition coefficient (Wildman–Crippen LogP) is 4.39. The van der Waals surface area contributed by atoms with Crippen LogP contribution in [0.5, 0.6) is 5.75 Å². The van der Waals surface area contributed by atoms with E-state index < -0.39 is 20.2 Å². The zero-order valence-electron chi connectivity index (χ0n) is 21.3. The number of rotatable bonds is 3. The summed E-state index contributed by atoms with van der Waals surface area (Å²) in [6, 6.07) is 7.99. The first-order chi connectivity index (χ1) is 17.1. The number of para-hydroxylation sites is 1. The molecule has 3 aliphatic heterocycles. The normalized spacial score (nSPS) is 25.5. The third-order valence-corrected chi connectivity index (χ3v) is 11.3. The third kappa shape index (κ3) is 3.81. The van der Waals surface area contributed by atoms with Crippen molar-refractivity contribution in [1.29, 1.82) is 0 Å². The van der Waals surface area contributed by atoms with Crippen molar-refractivity contribution in [3.63, 3.8) is 0 Å². The van der Waals surface area contributed by atoms with Gasteiger partial charge < -0.3 is 18.9 Å². The fraction of sp³-hybridized carbons (Fsp3) is 0.630. The number of aromatic nitrogens is 2. The first-order valence-corrected chi connectivity index (χ1v) is 14.7. The van der Waals surface area contributed by atoms with Crippen LogP contribution in [-0.2, 0) is 27.2 Å². The van der Waals surface area contributed by atoms with Crippen molar-refractivity contribution < 1.29 is 22.7 Å². The van der Waals surface area contributed by atoms with Gasteiger partial charge in [0, 0.05) is 44.5 Å². The quantitative estimate of drug-likeness (QED) is 0.605. The summed E-state index contributed by atoms with van der Waals surface area (Å²) in [5.41, 5.74) is 2.33. The van der Waals surface area contributed by atoms with Crippen molar-refractivity contribution >= 4 is 15.9 Å². The highest BCUT2D eigenvalue weighted by Gasteiger charge is 2.49. The Kier molecular flexibility index (Phi) is 5.45. The molecule has 1 atom stereocenters. The monoisotopic (exact) mass is 513 g/mol. The minimum Gasteiger partial charge on any atom is -0.480 e. The summed E-state index contributed by atoms with van der Waals surface area (Å²) >= 11 is 0. The highest BCUT2D eigenvalue weighted by molar-refractivity contribution is 7.92. The van der Waals surface area contributed by atoms with E-state index in [4.69, 9.17) is 14.5 Å². The van der Waals surface area contributed by atoms with Gasteiger partial charge in [-0.2, -0.15) is 0 Å². The van der Waals surface area contributed by atoms with Crippen molar-refractivity contribution in [2.24, 2.45) is 13.0 Å². The molecule has 2 saturated heterocycles. The molecule has 1 aromatic heterocycles. The Morgan fingerprint density at radius 2 is 1.89 bits per heavy atom. The first kappa shape index (κ1) is 23.8. The van der Waals surface area contributed by atoms with E-state index >= 15 is 0 Å². The Morgan fingerprint density at radius 3 is 2.58 bits per heavy atom. The molecule has 1 amide bonds. The van der Waals surface area contributed by atoms with E-state index in [0.29, 0.717) is 51.3 Å². The van der Waals surface area contributed by atoms with Gasteiger partial charge in [-0.15, -0.1) is 0 Å². The molecule has 9 heteroatoms. The van der Waals surface area contributed by atoms with E-state index in [0.717, 1.165) is 41.4 Å². The Morgan fingerprint density at radius 1 is 1.17 bits per heavy atom. The lowest BCUT2D eigenvalue weighted by atomic mass is 9.83. The summed E-state index contributed by atoms with van der Waals surface area (Å²) in [4.78, 5) is 19.6. The van der Waals surface area contributed by atoms with E-state index in [1.54, 1.807) is 4.90 Å². The van der Waals surface area contributed by atoms with Crippen molar-refractivity contribution in [3.8, 4) is 17.0 Å². The fourth-order valence-electron chi connectivity index (χ4n) is 6.17. The fourth-order valence-corrected chi connectivity index (χ4v) is 7.77. The second-order valence-corrected chi connectivity index (χ2v) is 14.3. The number of hydrogen-bond acceptors (Lipinski definition) is 6. The number of likely N-dealkylation sites (tertiary alicyclic amines) is 1. The molecule has 194 valence electrons. The van der Waals surface area contributed by atoms with Gasteiger partial charge in [-0.05, 0) is 57.6 Å². The molecule has 1 aliphatic carbocycles. The molecule has 2 aromatic rings. The summed E-state index contributed by atoms with van der Waals surface area (Å²) in [5, 5.41) is 0. The standard InChI is InChI=1S/C27H35N3O5S/c1-26(2)16-19(10-15-36(26,32)33)24-28-22-20-6-4-5-7-21(20)35-27(23(22)29(24)3)11-13-30(14-12-27)25(31)34-17-18-8-9-18/h4-7,18-19H,8-17H2,1-3H3. The molecule has 4 heterocycles. The van der Waals surface area contributed by atoms with Crippen LogP contribution in [-0.4, -0.2) is 59.2 Å². The Balaban J connectivity index is 1.33. The number of imidazole rings is 1. The first-order valence-electron chi connectivity index (χ1n) is 13.1. The molecule has 8 nitrogen and oxygen atoms in total. The van der Waals surface area contributed by atoms with Crippen molar-refractivity contribution in [2.45, 2.75) is 68.6 Å². The topological polar surface area (TPSA) is 90.7 Å². The summed E-state index contributed by atoms with van der Waals surface area (Å²) in [7, 11) is -1.09. The van der Waals surface area contributed by atoms with Gasteiger partial charge in [-0.3, -0.25) is 0 Å². The van der Waals surface area contributed by atoms with Crippen LogP contribution in [0.15, 0.2) is 24.3 Å². The zero-order valence-corrected chi connectivity index (χ0v) is 22.1. The molecule has 1 unspecified atom stereocenters. The third-order valence-electron chi connectivity index (χ3n) is 8.66. The molecule has 6 rings (SSSR count). The summed E-state index contributed by atoms with van der Waals surface area (Å²) < 4.78 is 39.0. The number of carbonyl (C=O) groups is 1. The van der Waals surface area contributed by atoms with Crippen molar-refractivity contribution in [2.75, 3.05) is 25.4 Å². The van der Waals surface area contributed by atoms with Crippen LogP contribution >= 0.6 is 0 Å². The lowest BCUT2D eigenvalue weighted by Gasteiger charge is -2.44. The van der Waals surface area contributed by atoms with Crippen LogP contribution in [0.2, 0.25) is 0 Å². The maximum atomic E-state index is 12.6. The predicted molar refractivity (Wildman–Crippen MR) is 136 cm³/mol. The number of piperidine rings is 1. The molecule has 0 bridgehead atoms. The number of fused-ring (bicyclic) bond motifs is 4. The van der Waals surface area contributed by atoms with Crippen LogP contribution < -0.4 is 4.74 Å². The Hall–Kier alpha value is -2.55. The highest BCUT2D eigenvalue weighted by Crippen LogP contribution is 2.51. The van der Waals surface area contributed by atoms with Gasteiger partial charge in [0.25, 0.3) is 0 Å². The van der Waals surface area contributed by atoms with Crippen LogP contribution in [0.1, 0.15) is 69.8 Å². The molecule has 0 N–H and O–H groups in total. The highest BCUT2D eigenvalue weighted by atomic mass is 32.2. The molecule has 0 radical (unpaired) electrons. The molecule has 1 spiro atoms. The maximum Gasteiger partial charge on any atom is 0.409 e. The zero-order chi connectivity index (χ0) is 25.3. The van der Waals surface area contributed by atoms with Crippen LogP contribution in [0.3, 0.4) is 0 Å². The van der Waals surface area contributed by atoms with Crippen LogP contribution in [0.4, 0.5) is 4.79 Å². The molecular formula is C27H35N3O5S. The van der Waals surface area contributed by atoms with Crippen molar-refractivity contribution in [3.05, 3.63) is 35.8 Å². The SMILES string of the molecule is Cn1c(C2CCS(=O)(=O)C(C)(C)C2)nc2c1C1(CCN(C(=O)OCC3CC3)CC1)Oc1ccccc1-2. The number of benzene rings is 1. The molecule has 3 fully saturated rings. The number of sulfone groups is 1. The van der Waals surface area contributed by atoms with Gasteiger partial charge in [0.05, 0.1) is 28.5 Å². The lowest BCUT2D eigenvalue weighted by Crippen LogP contribution is -2.50. The minimum absolute atomic E-state index is 0.0563. The average Bonchev–Trinajstić information content (AvgIpc) is 3.61. The number of ether oxygens (including phenoxy) is 2. The summed E-state index contributed by atoms with van der Waals surface area (Å²) in [5.74, 6) is 2.51. The molecule has 1 aromatic carbocycles. The van der Waals surface area contributed by atoms with Gasteiger partial charge in [0.15, 0.2) is 15.4 Å². The second kappa shape index (κ2) is 8.23. The van der Waals surface area contributed by atoms with Gasteiger partial charge in [-0.1, -0.05) is 12.1 Å². The van der Waals surface area contributed by atoms with Crippen molar-refractivity contribution in [1.82, 2.24) is 14.5 Å². The minimum atomic E-state index is -3.12. The number of carbonyl (C=O) groups excluding carboxylic acids is 1. The largest absolute Gasteiger partial charge is 0.480 e. The van der Waals surface area contributed by atoms with E-state index in [2.05, 4.69) is 4.57 Å². The Labute approximate surface area is 212 Å². The number of hydrogen-bond donors (Lipinski definition) is 0. The summed E-state index contributed by atoms with van der Waals surface area (Å²) in [6.45, 7) is 5.29. The smallest absolute Gasteiger partial charge is 0.409 e. The van der Waals surface area contributed by atoms with E-state index in [1.165, 1.54) is 0 Å². The Bertz CT molecular complexity index is 1300. The number of nitrogens with zero attached hydrogens (tertiary/aromatic N) is 3. The molecule has 4 aliphatic rings. The summed E-state index contributed by atoms with van der Waals surface area (Å²) in [6.07, 6.45) is 4.50. The van der Waals surface area contributed by atoms with Gasteiger partial charge in [-0.25, -0.2) is 18.2 Å². The number of amides is 1. The van der Waals surface area contributed by atoms with Crippen LogP contribution in [0, 0.1) is 5.92 Å². The van der Waals surface area contributed by atoms with E-state index in [-0.39, 0.29) is 17.8 Å². The van der Waals surface area contributed by atoms with Gasteiger partial charge >= 0.3 is 6.09 Å². The molecule has 36 heavy (non-hydrogen) atoms. The van der Waals surface area contributed by atoms with E-state index in [9.17, 15) is 13.2 Å². The average molecular weight is 514 g/mol. The lowest BCUT2D eigenvalue weighted by molar-refractivity contribution is -0.0111. The van der Waals surface area contributed by atoms with E-state index in [1.807, 2.05) is 45.2 Å². The van der Waals surface area contributed by atoms with Gasteiger partial charge in [0.1, 0.15) is 11.6 Å². The molecule has 1 saturated carbocycles. The van der Waals surface area contributed by atoms with Crippen LogP contribution in [0.25, 0.3) is 11.3 Å². The van der Waals surface area contributed by atoms with Gasteiger partial charge in [0.2, 0.25) is 0 Å². The second-order valence-electron chi connectivity index (χ2n) is 11.6.